The summed E-state index contributed by atoms with van der Waals surface area (Å²) in [5, 5.41) is 5.66. The largest absolute Gasteiger partial charge is 0.351 e. The number of nitrogens with one attached hydrogen (secondary N) is 2. The van der Waals surface area contributed by atoms with Crippen LogP contribution in [0.25, 0.3) is 0 Å². The van der Waals surface area contributed by atoms with Crippen molar-refractivity contribution >= 4 is 29.3 Å². The normalized spacial score (nSPS) is 10.3. The van der Waals surface area contributed by atoms with Gasteiger partial charge in [0, 0.05) is 18.2 Å². The van der Waals surface area contributed by atoms with Crippen molar-refractivity contribution < 1.29 is 9.59 Å². The number of carbonyl (C=O) groups excluding carboxylic acids is 2. The van der Waals surface area contributed by atoms with E-state index < -0.39 is 0 Å². The summed E-state index contributed by atoms with van der Waals surface area (Å²) in [5.41, 5.74) is 1.79. The van der Waals surface area contributed by atoms with Gasteiger partial charge in [0.1, 0.15) is 0 Å². The molecule has 0 heterocycles. The highest BCUT2D eigenvalue weighted by molar-refractivity contribution is 7.99. The molecule has 0 aliphatic rings. The minimum absolute atomic E-state index is 0.000948. The van der Waals surface area contributed by atoms with Gasteiger partial charge in [-0.25, -0.2) is 0 Å². The Bertz CT molecular complexity index is 430. The molecule has 0 bridgehead atoms. The van der Waals surface area contributed by atoms with Gasteiger partial charge in [-0.3, -0.25) is 9.59 Å². The van der Waals surface area contributed by atoms with Gasteiger partial charge in [0.2, 0.25) is 11.8 Å². The van der Waals surface area contributed by atoms with E-state index in [9.17, 15) is 9.59 Å². The van der Waals surface area contributed by atoms with Gasteiger partial charge in [0.15, 0.2) is 0 Å². The van der Waals surface area contributed by atoms with Gasteiger partial charge in [-0.15, -0.1) is 0 Å². The number of benzene rings is 1. The van der Waals surface area contributed by atoms with Crippen LogP contribution in [0.4, 0.5) is 5.69 Å². The fourth-order valence-corrected chi connectivity index (χ4v) is 1.74. The van der Waals surface area contributed by atoms with Gasteiger partial charge in [-0.05, 0) is 24.0 Å². The molecule has 0 saturated carbocycles. The summed E-state index contributed by atoms with van der Waals surface area (Å²) in [4.78, 5) is 22.8. The van der Waals surface area contributed by atoms with E-state index in [1.807, 2.05) is 44.4 Å². The number of anilines is 1. The molecule has 0 saturated heterocycles. The second-order valence-electron chi connectivity index (χ2n) is 4.55. The van der Waals surface area contributed by atoms with Crippen LogP contribution >= 0.6 is 11.8 Å². The predicted molar refractivity (Wildman–Crippen MR) is 80.1 cm³/mol. The van der Waals surface area contributed by atoms with Crippen LogP contribution in [0.1, 0.15) is 19.4 Å². The molecule has 5 heteroatoms. The molecule has 1 rings (SSSR count). The molecule has 0 fully saturated rings. The smallest absolute Gasteiger partial charge is 0.230 e. The van der Waals surface area contributed by atoms with Crippen molar-refractivity contribution in [2.24, 2.45) is 5.92 Å². The third kappa shape index (κ3) is 5.79. The van der Waals surface area contributed by atoms with Crippen LogP contribution in [-0.4, -0.2) is 23.8 Å². The molecule has 0 unspecified atom stereocenters. The molecule has 2 amide bonds. The van der Waals surface area contributed by atoms with E-state index in [-0.39, 0.29) is 17.7 Å². The van der Waals surface area contributed by atoms with E-state index in [2.05, 4.69) is 10.6 Å². The minimum atomic E-state index is -0.0366. The molecule has 0 radical (unpaired) electrons. The van der Waals surface area contributed by atoms with Crippen LogP contribution in [0.5, 0.6) is 0 Å². The molecule has 104 valence electrons. The Balaban J connectivity index is 2.47. The first-order valence-corrected chi connectivity index (χ1v) is 7.57. The number of amides is 2. The fourth-order valence-electron chi connectivity index (χ4n) is 1.38. The van der Waals surface area contributed by atoms with Crippen LogP contribution in [0.3, 0.4) is 0 Å². The summed E-state index contributed by atoms with van der Waals surface area (Å²) in [5.74, 6) is 0.471. The number of rotatable bonds is 6. The number of carbonyl (C=O) groups is 2. The van der Waals surface area contributed by atoms with Crippen LogP contribution in [0, 0.1) is 5.92 Å². The van der Waals surface area contributed by atoms with Crippen LogP contribution in [-0.2, 0) is 16.1 Å². The van der Waals surface area contributed by atoms with Crippen molar-refractivity contribution in [1.82, 2.24) is 5.32 Å². The zero-order chi connectivity index (χ0) is 14.3. The highest BCUT2D eigenvalue weighted by atomic mass is 32.2. The summed E-state index contributed by atoms with van der Waals surface area (Å²) in [6.45, 7) is 4.22. The van der Waals surface area contributed by atoms with Crippen molar-refractivity contribution in [2.75, 3.05) is 17.3 Å². The molecule has 19 heavy (non-hydrogen) atoms. The number of hydrogen-bond donors (Lipinski definition) is 2. The Morgan fingerprint density at radius 3 is 2.37 bits per heavy atom. The van der Waals surface area contributed by atoms with Crippen LogP contribution in [0.2, 0.25) is 0 Å². The molecule has 0 atom stereocenters. The second kappa shape index (κ2) is 7.84. The summed E-state index contributed by atoms with van der Waals surface area (Å²) >= 11 is 1.50. The maximum Gasteiger partial charge on any atom is 0.230 e. The second-order valence-corrected chi connectivity index (χ2v) is 5.42. The Morgan fingerprint density at radius 2 is 1.84 bits per heavy atom. The average Bonchev–Trinajstić information content (AvgIpc) is 2.38. The molecule has 0 spiro atoms. The molecule has 0 aromatic heterocycles. The Morgan fingerprint density at radius 1 is 1.21 bits per heavy atom. The third-order valence-electron chi connectivity index (χ3n) is 2.51. The first-order valence-electron chi connectivity index (χ1n) is 6.18. The van der Waals surface area contributed by atoms with Gasteiger partial charge >= 0.3 is 0 Å². The SMILES string of the molecule is CSCC(=O)NCc1ccc(NC(=O)C(C)C)cc1. The first kappa shape index (κ1) is 15.6. The van der Waals surface area contributed by atoms with Gasteiger partial charge < -0.3 is 10.6 Å². The molecule has 2 N–H and O–H groups in total. The summed E-state index contributed by atoms with van der Waals surface area (Å²) in [6, 6.07) is 7.48. The summed E-state index contributed by atoms with van der Waals surface area (Å²) in [7, 11) is 0. The van der Waals surface area contributed by atoms with E-state index in [1.54, 1.807) is 0 Å². The standard InChI is InChI=1S/C14H20N2O2S/c1-10(2)14(18)16-12-6-4-11(5-7-12)8-15-13(17)9-19-3/h4-7,10H,8-9H2,1-3H3,(H,15,17)(H,16,18). The van der Waals surface area contributed by atoms with Crippen LogP contribution in [0.15, 0.2) is 24.3 Å². The van der Waals surface area contributed by atoms with E-state index in [0.717, 1.165) is 11.3 Å². The fraction of sp³-hybridized carbons (Fsp3) is 0.429. The maximum atomic E-state index is 11.5. The molecular formula is C14H20N2O2S. The van der Waals surface area contributed by atoms with Crippen molar-refractivity contribution in [3.63, 3.8) is 0 Å². The third-order valence-corrected chi connectivity index (χ3v) is 3.06. The van der Waals surface area contributed by atoms with Gasteiger partial charge in [-0.2, -0.15) is 11.8 Å². The van der Waals surface area contributed by atoms with Gasteiger partial charge in [-0.1, -0.05) is 26.0 Å². The highest BCUT2D eigenvalue weighted by Gasteiger charge is 2.06. The maximum absolute atomic E-state index is 11.5. The van der Waals surface area contributed by atoms with E-state index >= 15 is 0 Å². The van der Waals surface area contributed by atoms with Crippen molar-refractivity contribution in [3.05, 3.63) is 29.8 Å². The summed E-state index contributed by atoms with van der Waals surface area (Å²) in [6.07, 6.45) is 1.89. The number of thioether (sulfide) groups is 1. The zero-order valence-corrected chi connectivity index (χ0v) is 12.3. The lowest BCUT2D eigenvalue weighted by Gasteiger charge is -2.09. The van der Waals surface area contributed by atoms with E-state index in [4.69, 9.17) is 0 Å². The Hall–Kier alpha value is -1.49. The monoisotopic (exact) mass is 280 g/mol. The van der Waals surface area contributed by atoms with Crippen molar-refractivity contribution in [1.29, 1.82) is 0 Å². The number of hydrogen-bond acceptors (Lipinski definition) is 3. The molecule has 1 aromatic rings. The highest BCUT2D eigenvalue weighted by Crippen LogP contribution is 2.11. The summed E-state index contributed by atoms with van der Waals surface area (Å²) < 4.78 is 0. The van der Waals surface area contributed by atoms with E-state index in [0.29, 0.717) is 12.3 Å². The molecule has 4 nitrogen and oxygen atoms in total. The van der Waals surface area contributed by atoms with Crippen LogP contribution < -0.4 is 10.6 Å². The Labute approximate surface area is 118 Å². The quantitative estimate of drug-likeness (QED) is 0.840. The lowest BCUT2D eigenvalue weighted by molar-refractivity contribution is -0.119. The first-order chi connectivity index (χ1) is 9.02. The van der Waals surface area contributed by atoms with E-state index in [1.165, 1.54) is 11.8 Å². The Kier molecular flexibility index (Phi) is 6.42. The van der Waals surface area contributed by atoms with Crippen molar-refractivity contribution in [3.8, 4) is 0 Å². The molecular weight excluding hydrogens is 260 g/mol. The predicted octanol–water partition coefficient (Wildman–Crippen LogP) is 2.26. The molecule has 0 aliphatic heterocycles. The van der Waals surface area contributed by atoms with Gasteiger partial charge in [0.05, 0.1) is 5.75 Å². The van der Waals surface area contributed by atoms with Gasteiger partial charge in [0.25, 0.3) is 0 Å². The zero-order valence-electron chi connectivity index (χ0n) is 11.5. The minimum Gasteiger partial charge on any atom is -0.351 e. The molecule has 0 aliphatic carbocycles. The lowest BCUT2D eigenvalue weighted by Crippen LogP contribution is -2.24. The average molecular weight is 280 g/mol. The molecule has 1 aromatic carbocycles. The topological polar surface area (TPSA) is 58.2 Å². The van der Waals surface area contributed by atoms with Crippen molar-refractivity contribution in [2.45, 2.75) is 20.4 Å². The lowest BCUT2D eigenvalue weighted by atomic mass is 10.1.